The number of rotatable bonds is 8. The van der Waals surface area contributed by atoms with Gasteiger partial charge in [-0.1, -0.05) is 0 Å². The van der Waals surface area contributed by atoms with Gasteiger partial charge < -0.3 is 25.8 Å². The molecule has 170 valence electrons. The van der Waals surface area contributed by atoms with Gasteiger partial charge in [-0.2, -0.15) is 0 Å². The SMILES string of the molecule is NC(=O)c1c(C(=O)Nc2ccc(NC(=O)c3ccc(F)cc3)cc2)ncn1CCN1CCC1. The van der Waals surface area contributed by atoms with Gasteiger partial charge in [0.25, 0.3) is 17.7 Å². The van der Waals surface area contributed by atoms with E-state index in [1.807, 2.05) is 0 Å². The van der Waals surface area contributed by atoms with Crippen LogP contribution in [-0.2, 0) is 6.54 Å². The summed E-state index contributed by atoms with van der Waals surface area (Å²) in [4.78, 5) is 43.3. The zero-order valence-electron chi connectivity index (χ0n) is 17.8. The predicted molar refractivity (Wildman–Crippen MR) is 121 cm³/mol. The Morgan fingerprint density at radius 2 is 1.52 bits per heavy atom. The van der Waals surface area contributed by atoms with Crippen LogP contribution in [0.2, 0.25) is 0 Å². The fourth-order valence-corrected chi connectivity index (χ4v) is 3.46. The van der Waals surface area contributed by atoms with E-state index >= 15 is 0 Å². The lowest BCUT2D eigenvalue weighted by atomic mass is 10.2. The minimum Gasteiger partial charge on any atom is -0.364 e. The number of anilines is 2. The molecule has 1 aromatic heterocycles. The standard InChI is InChI=1S/C23H23FN6O3/c24-16-4-2-15(3-5-16)22(32)27-17-6-8-18(9-7-17)28-23(33)19-20(21(25)31)30(14-26-19)13-12-29-10-1-11-29/h2-9,14H,1,10-13H2,(H2,25,31)(H,27,32)(H,28,33). The molecule has 0 unspecified atom stereocenters. The number of nitrogens with two attached hydrogens (primary N) is 1. The summed E-state index contributed by atoms with van der Waals surface area (Å²) in [5.41, 5.74) is 6.80. The molecule has 1 aliphatic heterocycles. The lowest BCUT2D eigenvalue weighted by Crippen LogP contribution is -2.39. The molecule has 4 N–H and O–H groups in total. The molecule has 0 saturated carbocycles. The van der Waals surface area contributed by atoms with E-state index in [-0.39, 0.29) is 17.3 Å². The molecule has 1 aliphatic rings. The minimum atomic E-state index is -0.722. The van der Waals surface area contributed by atoms with Crippen LogP contribution in [0.25, 0.3) is 0 Å². The summed E-state index contributed by atoms with van der Waals surface area (Å²) in [5, 5.41) is 5.38. The summed E-state index contributed by atoms with van der Waals surface area (Å²) in [6, 6.07) is 11.6. The average molecular weight is 450 g/mol. The fraction of sp³-hybridized carbons (Fsp3) is 0.217. The molecule has 0 bridgehead atoms. The number of carbonyl (C=O) groups is 3. The largest absolute Gasteiger partial charge is 0.364 e. The van der Waals surface area contributed by atoms with E-state index in [1.54, 1.807) is 28.8 Å². The van der Waals surface area contributed by atoms with Gasteiger partial charge in [0.1, 0.15) is 11.5 Å². The van der Waals surface area contributed by atoms with Crippen molar-refractivity contribution in [1.82, 2.24) is 14.5 Å². The normalized spacial score (nSPS) is 13.2. The summed E-state index contributed by atoms with van der Waals surface area (Å²) in [7, 11) is 0. The van der Waals surface area contributed by atoms with Crippen molar-refractivity contribution in [3.8, 4) is 0 Å². The molecular weight excluding hydrogens is 427 g/mol. The summed E-state index contributed by atoms with van der Waals surface area (Å²) < 4.78 is 14.6. The molecule has 33 heavy (non-hydrogen) atoms. The van der Waals surface area contributed by atoms with Crippen LogP contribution in [0.3, 0.4) is 0 Å². The Bertz CT molecular complexity index is 1170. The maximum Gasteiger partial charge on any atom is 0.276 e. The highest BCUT2D eigenvalue weighted by Gasteiger charge is 2.23. The van der Waals surface area contributed by atoms with Gasteiger partial charge >= 0.3 is 0 Å². The molecule has 1 fully saturated rings. The summed E-state index contributed by atoms with van der Waals surface area (Å²) in [5.74, 6) is -2.09. The van der Waals surface area contributed by atoms with Crippen LogP contribution in [0.15, 0.2) is 54.9 Å². The van der Waals surface area contributed by atoms with E-state index in [2.05, 4.69) is 20.5 Å². The first-order valence-corrected chi connectivity index (χ1v) is 10.5. The molecule has 0 radical (unpaired) electrons. The highest BCUT2D eigenvalue weighted by molar-refractivity contribution is 6.10. The van der Waals surface area contributed by atoms with Crippen molar-refractivity contribution in [2.75, 3.05) is 30.3 Å². The summed E-state index contributed by atoms with van der Waals surface area (Å²) in [6.07, 6.45) is 2.61. The molecule has 3 aromatic rings. The number of benzene rings is 2. The van der Waals surface area contributed by atoms with E-state index in [9.17, 15) is 18.8 Å². The van der Waals surface area contributed by atoms with Gasteiger partial charge in [0, 0.05) is 30.0 Å². The Balaban J connectivity index is 1.40. The number of hydrogen-bond acceptors (Lipinski definition) is 5. The lowest BCUT2D eigenvalue weighted by molar-refractivity contribution is 0.0966. The molecule has 0 aliphatic carbocycles. The van der Waals surface area contributed by atoms with E-state index in [0.29, 0.717) is 23.5 Å². The Kier molecular flexibility index (Phi) is 6.45. The van der Waals surface area contributed by atoms with Crippen LogP contribution in [0.5, 0.6) is 0 Å². The fourth-order valence-electron chi connectivity index (χ4n) is 3.46. The maximum absolute atomic E-state index is 13.0. The first-order valence-electron chi connectivity index (χ1n) is 10.5. The van der Waals surface area contributed by atoms with Crippen molar-refractivity contribution in [1.29, 1.82) is 0 Å². The van der Waals surface area contributed by atoms with Crippen molar-refractivity contribution in [2.24, 2.45) is 5.73 Å². The molecule has 0 spiro atoms. The maximum atomic E-state index is 13.0. The zero-order valence-corrected chi connectivity index (χ0v) is 17.8. The molecule has 10 heteroatoms. The van der Waals surface area contributed by atoms with Crippen LogP contribution in [-0.4, -0.2) is 51.8 Å². The third-order valence-corrected chi connectivity index (χ3v) is 5.40. The Hall–Kier alpha value is -4.05. The van der Waals surface area contributed by atoms with Crippen LogP contribution in [0.4, 0.5) is 15.8 Å². The number of nitrogens with zero attached hydrogens (tertiary/aromatic N) is 3. The molecule has 2 heterocycles. The topological polar surface area (TPSA) is 122 Å². The number of aromatic nitrogens is 2. The quantitative estimate of drug-likeness (QED) is 0.486. The first-order chi connectivity index (χ1) is 15.9. The molecule has 4 rings (SSSR count). The van der Waals surface area contributed by atoms with Gasteiger partial charge in [0.15, 0.2) is 5.69 Å². The van der Waals surface area contributed by atoms with Gasteiger partial charge in [-0.3, -0.25) is 14.4 Å². The van der Waals surface area contributed by atoms with Crippen molar-refractivity contribution in [2.45, 2.75) is 13.0 Å². The van der Waals surface area contributed by atoms with Gasteiger partial charge in [-0.15, -0.1) is 0 Å². The van der Waals surface area contributed by atoms with E-state index in [0.717, 1.165) is 26.1 Å². The number of nitrogens with one attached hydrogen (secondary N) is 2. The highest BCUT2D eigenvalue weighted by atomic mass is 19.1. The number of carbonyl (C=O) groups excluding carboxylic acids is 3. The number of amides is 3. The minimum absolute atomic E-state index is 0.0419. The number of primary amides is 1. The lowest BCUT2D eigenvalue weighted by Gasteiger charge is -2.30. The smallest absolute Gasteiger partial charge is 0.276 e. The second-order valence-electron chi connectivity index (χ2n) is 7.69. The third-order valence-electron chi connectivity index (χ3n) is 5.40. The highest BCUT2D eigenvalue weighted by Crippen LogP contribution is 2.17. The predicted octanol–water partition coefficient (Wildman–Crippen LogP) is 2.33. The second-order valence-corrected chi connectivity index (χ2v) is 7.69. The van der Waals surface area contributed by atoms with Crippen molar-refractivity contribution in [3.05, 3.63) is 77.6 Å². The number of imidazole rings is 1. The van der Waals surface area contributed by atoms with Crippen LogP contribution < -0.4 is 16.4 Å². The molecule has 3 amide bonds. The molecule has 9 nitrogen and oxygen atoms in total. The van der Waals surface area contributed by atoms with Crippen LogP contribution >= 0.6 is 0 Å². The molecule has 0 atom stereocenters. The Morgan fingerprint density at radius 3 is 2.06 bits per heavy atom. The Labute approximate surface area is 189 Å². The van der Waals surface area contributed by atoms with Crippen molar-refractivity contribution >= 4 is 29.1 Å². The second kappa shape index (κ2) is 9.61. The van der Waals surface area contributed by atoms with Gasteiger partial charge in [-0.05, 0) is 68.0 Å². The monoisotopic (exact) mass is 450 g/mol. The molecule has 1 saturated heterocycles. The average Bonchev–Trinajstić information content (AvgIpc) is 3.19. The van der Waals surface area contributed by atoms with Crippen LogP contribution in [0.1, 0.15) is 37.8 Å². The number of halogens is 1. The van der Waals surface area contributed by atoms with Gasteiger partial charge in [-0.25, -0.2) is 9.37 Å². The van der Waals surface area contributed by atoms with Crippen LogP contribution in [0, 0.1) is 5.82 Å². The Morgan fingerprint density at radius 1 is 0.909 bits per heavy atom. The molecular formula is C23H23FN6O3. The van der Waals surface area contributed by atoms with E-state index in [1.165, 1.54) is 30.6 Å². The summed E-state index contributed by atoms with van der Waals surface area (Å²) >= 11 is 0. The van der Waals surface area contributed by atoms with Crippen molar-refractivity contribution < 1.29 is 18.8 Å². The van der Waals surface area contributed by atoms with Gasteiger partial charge in [0.2, 0.25) is 0 Å². The zero-order chi connectivity index (χ0) is 23.4. The number of likely N-dealkylation sites (tertiary alicyclic amines) is 1. The number of hydrogen-bond donors (Lipinski definition) is 3. The van der Waals surface area contributed by atoms with Crippen molar-refractivity contribution in [3.63, 3.8) is 0 Å². The molecule has 2 aromatic carbocycles. The van der Waals surface area contributed by atoms with Gasteiger partial charge in [0.05, 0.1) is 6.33 Å². The first kappa shape index (κ1) is 22.2. The van der Waals surface area contributed by atoms with E-state index in [4.69, 9.17) is 5.73 Å². The summed E-state index contributed by atoms with van der Waals surface area (Å²) in [6.45, 7) is 3.31. The third kappa shape index (κ3) is 5.24. The van der Waals surface area contributed by atoms with E-state index < -0.39 is 17.6 Å².